The van der Waals surface area contributed by atoms with E-state index in [9.17, 15) is 58.8 Å². The topological polar surface area (TPSA) is 435 Å². The Labute approximate surface area is 637 Å². The number of piperidine rings is 1. The molecule has 5 heterocycles. The number of carboxylic acids is 2. The zero-order valence-corrected chi connectivity index (χ0v) is 63.5. The first-order valence-corrected chi connectivity index (χ1v) is 37.6. The third-order valence-electron chi connectivity index (χ3n) is 20.8. The highest BCUT2D eigenvalue weighted by Gasteiger charge is 2.47. The molecule has 0 bridgehead atoms. The molecule has 33 heteroatoms. The summed E-state index contributed by atoms with van der Waals surface area (Å²) in [7, 11) is 4.00. The predicted molar refractivity (Wildman–Crippen MR) is 400 cm³/mol. The molecular weight excluding hydrogens is 1430 g/mol. The highest BCUT2D eigenvalue weighted by molar-refractivity contribution is 6.22. The second-order valence-electron chi connectivity index (χ2n) is 28.1. The van der Waals surface area contributed by atoms with Gasteiger partial charge in [0.15, 0.2) is 5.56 Å². The summed E-state index contributed by atoms with van der Waals surface area (Å²) in [4.78, 5) is 199. The minimum absolute atomic E-state index is 0.00159. The molecule has 3 saturated heterocycles. The van der Waals surface area contributed by atoms with Crippen molar-refractivity contribution in [3.05, 3.63) is 108 Å². The van der Waals surface area contributed by atoms with Gasteiger partial charge < -0.3 is 96.4 Å². The van der Waals surface area contributed by atoms with Crippen LogP contribution in [0.2, 0.25) is 0 Å². The fourth-order valence-corrected chi connectivity index (χ4v) is 14.8. The molecule has 8 rings (SSSR count). The number of aliphatic hydroxyl groups excluding tert-OH is 2. The van der Waals surface area contributed by atoms with Crippen LogP contribution in [0.4, 0.5) is 0 Å². The first kappa shape index (κ1) is 84.6. The molecule has 0 aliphatic carbocycles. The standard InChI is InChI=1S/C76H103ClN14O18/c1-9-43(5)63(84-68(99)59-36-47(109-12-4)40-91(59)74(105)60(42-92)88(8)70(101)50(10-2)78-11-3)75(106)87(7)58(33-44-23-14-13-15-24-44)67(98)85-64(65(77)96)69(100)82-53(34-45-38-79-51-27-18-16-25-48(45)51)66(97)83-54(35-46-39-80-52-28-19-17-26-49(46)52)71(102)89-32-22-30-56(89)73(104)86(6)41-61(93)81-55(37-62(94)95)72(103)90-31-21-20-29-57(90)76(107)108/h13-19,23-28,38-39,43,47,50,53-60,63-65,78-80,92,96H,9-12,20-22,29-37,40-42H2,1-8H3,(H,81,93)(H,82,100)(H,83,97)(H,84,99)(H,85,98)(H,94,95)(H,107,108)/t43-,47+,50-,53-,54-,55-,56-,57-,58-,59-,60-,63-,64-,65?/m0/s1. The van der Waals surface area contributed by atoms with Crippen LogP contribution in [0.5, 0.6) is 0 Å². The molecule has 0 radical (unpaired) electrons. The van der Waals surface area contributed by atoms with Gasteiger partial charge in [-0.3, -0.25) is 57.5 Å². The number of carbonyl (C=O) groups is 13. The molecule has 12 N–H and O–H groups in total. The van der Waals surface area contributed by atoms with Crippen LogP contribution >= 0.6 is 11.6 Å². The van der Waals surface area contributed by atoms with Crippen molar-refractivity contribution in [1.29, 1.82) is 0 Å². The number of benzene rings is 3. The van der Waals surface area contributed by atoms with E-state index in [1.807, 2.05) is 6.92 Å². The Hall–Kier alpha value is -10.0. The van der Waals surface area contributed by atoms with Gasteiger partial charge in [-0.05, 0) is 86.7 Å². The number of ether oxygens (including phenoxy) is 1. The number of aliphatic hydroxyl groups is 2. The predicted octanol–water partition coefficient (Wildman–Crippen LogP) is 1.13. The van der Waals surface area contributed by atoms with E-state index in [4.69, 9.17) is 16.3 Å². The molecular formula is C76H103ClN14O18. The number of halogens is 1. The molecule has 3 aliphatic rings. The van der Waals surface area contributed by atoms with Crippen LogP contribution in [0.1, 0.15) is 109 Å². The molecule has 1 unspecified atom stereocenters. The number of nitrogens with one attached hydrogen (secondary N) is 8. The zero-order chi connectivity index (χ0) is 79.5. The van der Waals surface area contributed by atoms with Gasteiger partial charge in [-0.25, -0.2) is 4.79 Å². The number of nitrogens with zero attached hydrogens (tertiary/aromatic N) is 6. The number of para-hydroxylation sites is 2. The number of rotatable bonds is 37. The van der Waals surface area contributed by atoms with Gasteiger partial charge in [-0.15, -0.1) is 0 Å². The maximum atomic E-state index is 15.5. The minimum atomic E-state index is -2.21. The van der Waals surface area contributed by atoms with Crippen LogP contribution < -0.4 is 31.9 Å². The van der Waals surface area contributed by atoms with E-state index < -0.39 is 181 Å². The number of likely N-dealkylation sites (N-methyl/N-ethyl adjacent to an activating group) is 4. The summed E-state index contributed by atoms with van der Waals surface area (Å²) < 4.78 is 5.93. The number of carboxylic acid groups (broad SMARTS) is 2. The van der Waals surface area contributed by atoms with E-state index in [0.717, 1.165) is 19.6 Å². The summed E-state index contributed by atoms with van der Waals surface area (Å²) in [5, 5.41) is 59.4. The van der Waals surface area contributed by atoms with Crippen LogP contribution in [0, 0.1) is 5.92 Å². The lowest BCUT2D eigenvalue weighted by molar-refractivity contribution is -0.154. The van der Waals surface area contributed by atoms with Gasteiger partial charge in [0.2, 0.25) is 65.0 Å². The van der Waals surface area contributed by atoms with Gasteiger partial charge in [0.1, 0.15) is 60.4 Å². The van der Waals surface area contributed by atoms with Crippen molar-refractivity contribution >= 4 is 110 Å². The Morgan fingerprint density at radius 2 is 1.17 bits per heavy atom. The first-order valence-electron chi connectivity index (χ1n) is 37.1. The molecule has 32 nitrogen and oxygen atoms in total. The van der Waals surface area contributed by atoms with Crippen molar-refractivity contribution < 1.29 is 87.5 Å². The number of amides is 11. The summed E-state index contributed by atoms with van der Waals surface area (Å²) in [5.74, 6) is -12.6. The number of H-pyrrole nitrogens is 2. The van der Waals surface area contributed by atoms with Gasteiger partial charge in [0.05, 0.1) is 31.7 Å². The van der Waals surface area contributed by atoms with Crippen LogP contribution in [-0.2, 0) is 86.3 Å². The zero-order valence-electron chi connectivity index (χ0n) is 62.7. The number of likely N-dealkylation sites (tertiary alicyclic amines) is 3. The van der Waals surface area contributed by atoms with Crippen molar-refractivity contribution in [2.75, 3.05) is 67.1 Å². The highest BCUT2D eigenvalue weighted by Crippen LogP contribution is 2.29. The minimum Gasteiger partial charge on any atom is -0.481 e. The van der Waals surface area contributed by atoms with Gasteiger partial charge in [0.25, 0.3) is 0 Å². The average molecular weight is 1540 g/mol. The normalized spacial score (nSPS) is 19.2. The van der Waals surface area contributed by atoms with Crippen LogP contribution in [0.25, 0.3) is 21.8 Å². The smallest absolute Gasteiger partial charge is 0.326 e. The summed E-state index contributed by atoms with van der Waals surface area (Å²) >= 11 is 6.49. The molecule has 14 atom stereocenters. The van der Waals surface area contributed by atoms with Crippen molar-refractivity contribution in [3.8, 4) is 0 Å². The number of carbonyl (C=O) groups excluding carboxylic acids is 11. The fraction of sp³-hybridized carbons (Fsp3) is 0.539. The van der Waals surface area contributed by atoms with Crippen molar-refractivity contribution in [1.82, 2.24) is 71.3 Å². The van der Waals surface area contributed by atoms with Crippen LogP contribution in [0.3, 0.4) is 0 Å². The third-order valence-corrected chi connectivity index (χ3v) is 21.1. The maximum Gasteiger partial charge on any atom is 0.326 e. The quantitative estimate of drug-likeness (QED) is 0.0248. The van der Waals surface area contributed by atoms with E-state index in [2.05, 4.69) is 41.9 Å². The Balaban J connectivity index is 1.05. The molecule has 3 aromatic carbocycles. The number of aromatic nitrogens is 2. The largest absolute Gasteiger partial charge is 0.481 e. The van der Waals surface area contributed by atoms with Gasteiger partial charge in [-0.1, -0.05) is 112 Å². The molecule has 109 heavy (non-hydrogen) atoms. The summed E-state index contributed by atoms with van der Waals surface area (Å²) in [6.07, 6.45) is 3.23. The lowest BCUT2D eigenvalue weighted by Crippen LogP contribution is -2.63. The molecule has 3 fully saturated rings. The molecule has 592 valence electrons. The number of aliphatic carboxylic acids is 2. The number of alkyl halides is 1. The van der Waals surface area contributed by atoms with Gasteiger partial charge in [-0.2, -0.15) is 0 Å². The Morgan fingerprint density at radius 1 is 0.596 bits per heavy atom. The van der Waals surface area contributed by atoms with Crippen molar-refractivity contribution in [3.63, 3.8) is 0 Å². The monoisotopic (exact) mass is 1530 g/mol. The van der Waals surface area contributed by atoms with E-state index in [1.54, 1.807) is 119 Å². The van der Waals surface area contributed by atoms with E-state index >= 15 is 24.0 Å². The Kier molecular flexibility index (Phi) is 30.6. The molecule has 5 aromatic rings. The first-order chi connectivity index (χ1) is 52.0. The fourth-order valence-electron chi connectivity index (χ4n) is 14.6. The van der Waals surface area contributed by atoms with Crippen LogP contribution in [0.15, 0.2) is 91.3 Å². The summed E-state index contributed by atoms with van der Waals surface area (Å²) in [5.41, 5.74) is 0.730. The molecule has 2 aromatic heterocycles. The van der Waals surface area contributed by atoms with Gasteiger partial charge >= 0.3 is 11.9 Å². The summed E-state index contributed by atoms with van der Waals surface area (Å²) in [6.45, 7) is 8.00. The number of hydrogen-bond donors (Lipinski definition) is 12. The summed E-state index contributed by atoms with van der Waals surface area (Å²) in [6, 6.07) is 7.26. The number of fused-ring (bicyclic) bond motifs is 2. The second-order valence-corrected chi connectivity index (χ2v) is 28.6. The van der Waals surface area contributed by atoms with Crippen molar-refractivity contribution in [2.24, 2.45) is 5.92 Å². The average Bonchev–Trinajstić information content (AvgIpc) is 1.74. The lowest BCUT2D eigenvalue weighted by atomic mass is 9.95. The van der Waals surface area contributed by atoms with E-state index in [0.29, 0.717) is 70.7 Å². The SMILES string of the molecule is CCN[C@@H](CC)C(=O)N(C)[C@@H](CO)C(=O)N1C[C@H](OCC)C[C@H]1C(=O)N[C@H](C(=O)N(C)[C@@H](Cc1ccccc1)C(=O)N[C@H](C(=O)N[C@@H](Cc1c[nH]c2ccccc12)C(=O)N[C@@H](Cc1c[nH]c2ccccc12)C(=O)N1CCC[C@H]1C(=O)N(C)CC(=O)N[C@@H](CC(=O)O)C(=O)N1CCCC[C@H]1C(=O)O)C(O)Cl)[C@@H](C)CC. The third kappa shape index (κ3) is 21.1. The molecule has 0 saturated carbocycles. The number of hydrogen-bond acceptors (Lipinski definition) is 17. The Morgan fingerprint density at radius 3 is 1.76 bits per heavy atom. The maximum absolute atomic E-state index is 15.5. The van der Waals surface area contributed by atoms with Gasteiger partial charge in [0, 0.05) is 107 Å². The highest BCUT2D eigenvalue weighted by atomic mass is 35.5. The molecule has 0 spiro atoms. The van der Waals surface area contributed by atoms with Crippen LogP contribution in [-0.4, -0.2) is 282 Å². The lowest BCUT2D eigenvalue weighted by Gasteiger charge is -2.36. The van der Waals surface area contributed by atoms with Crippen molar-refractivity contribution in [2.45, 2.75) is 190 Å². The second kappa shape index (κ2) is 39.4. The van der Waals surface area contributed by atoms with E-state index in [-0.39, 0.29) is 71.2 Å². The van der Waals surface area contributed by atoms with E-state index in [1.165, 1.54) is 30.9 Å². The molecule has 11 amide bonds. The molecule has 3 aliphatic heterocycles. The Bertz CT molecular complexity index is 4060. The number of aromatic amines is 2.